The highest BCUT2D eigenvalue weighted by atomic mass is 31.2. The van der Waals surface area contributed by atoms with E-state index in [1.807, 2.05) is 0 Å². The molecular weight excluding hydrogens is 613 g/mol. The van der Waals surface area contributed by atoms with Crippen LogP contribution in [0.25, 0.3) is 0 Å². The molecule has 0 aliphatic heterocycles. The van der Waals surface area contributed by atoms with Gasteiger partial charge in [0.15, 0.2) is 0 Å². The van der Waals surface area contributed by atoms with Crippen LogP contribution in [0.15, 0.2) is 0 Å². The van der Waals surface area contributed by atoms with Crippen molar-refractivity contribution < 1.29 is 18.5 Å². The van der Waals surface area contributed by atoms with E-state index in [1.54, 1.807) is 0 Å². The summed E-state index contributed by atoms with van der Waals surface area (Å²) in [4.78, 5) is 9.71. The first-order valence-electron chi connectivity index (χ1n) is 21.9. The molecule has 0 rings (SSSR count). The predicted molar refractivity (Wildman–Crippen MR) is 214 cm³/mol. The molecule has 3 N–H and O–H groups in total. The monoisotopic (exact) mass is 704 g/mol. The van der Waals surface area contributed by atoms with Crippen LogP contribution in [0.4, 0.5) is 0 Å². The third-order valence-corrected chi connectivity index (χ3v) is 10.6. The molecule has 0 aliphatic rings. The number of unbranched alkanes of at least 4 members (excludes halogenated alkanes) is 33. The van der Waals surface area contributed by atoms with Crippen molar-refractivity contribution in [2.75, 3.05) is 19.8 Å². The minimum Gasteiger partial charge on any atom is -0.330 e. The molecule has 5 nitrogen and oxygen atoms in total. The van der Waals surface area contributed by atoms with Gasteiger partial charge < -0.3 is 10.6 Å². The first kappa shape index (κ1) is 50.2. The van der Waals surface area contributed by atoms with Gasteiger partial charge in [0, 0.05) is 0 Å². The van der Waals surface area contributed by atoms with Crippen molar-refractivity contribution in [2.24, 2.45) is 5.73 Å². The van der Waals surface area contributed by atoms with Crippen LogP contribution >= 0.6 is 7.82 Å². The van der Waals surface area contributed by atoms with Crippen molar-refractivity contribution in [3.05, 3.63) is 0 Å². The second kappa shape index (κ2) is 45.1. The topological polar surface area (TPSA) is 81.8 Å². The molecule has 0 heterocycles. The van der Waals surface area contributed by atoms with Crippen LogP contribution < -0.4 is 5.73 Å². The lowest BCUT2D eigenvalue weighted by Gasteiger charge is -2.12. The molecule has 0 unspecified atom stereocenters. The lowest BCUT2D eigenvalue weighted by atomic mass is 10.0. The van der Waals surface area contributed by atoms with Gasteiger partial charge in [-0.2, -0.15) is 0 Å². The van der Waals surface area contributed by atoms with Crippen molar-refractivity contribution in [3.63, 3.8) is 0 Å². The van der Waals surface area contributed by atoms with Gasteiger partial charge in [0.1, 0.15) is 0 Å². The van der Waals surface area contributed by atoms with E-state index in [0.717, 1.165) is 32.2 Å². The molecule has 0 radical (unpaired) electrons. The lowest BCUT2D eigenvalue weighted by Crippen LogP contribution is -1.99. The summed E-state index contributed by atoms with van der Waals surface area (Å²) in [5, 5.41) is 0. The number of phosphoric acid groups is 1. The maximum atomic E-state index is 11.8. The zero-order valence-corrected chi connectivity index (χ0v) is 34.2. The average Bonchev–Trinajstić information content (AvgIpc) is 3.08. The highest BCUT2D eigenvalue weighted by Crippen LogP contribution is 2.43. The van der Waals surface area contributed by atoms with Gasteiger partial charge in [0.25, 0.3) is 0 Å². The number of rotatable bonds is 40. The van der Waals surface area contributed by atoms with Crippen molar-refractivity contribution in [1.29, 1.82) is 0 Å². The minimum atomic E-state index is -3.85. The molecule has 0 saturated heterocycles. The second-order valence-corrected chi connectivity index (χ2v) is 16.0. The molecule has 0 aromatic carbocycles. The van der Waals surface area contributed by atoms with E-state index in [2.05, 4.69) is 20.8 Å². The summed E-state index contributed by atoms with van der Waals surface area (Å²) in [6.07, 6.45) is 47.6. The van der Waals surface area contributed by atoms with E-state index >= 15 is 0 Å². The number of hydrogen-bond donors (Lipinski definition) is 2. The van der Waals surface area contributed by atoms with Gasteiger partial charge in [-0.15, -0.1) is 0 Å². The smallest absolute Gasteiger partial charge is 0.330 e. The molecule has 0 fully saturated rings. The van der Waals surface area contributed by atoms with Gasteiger partial charge in [0.05, 0.1) is 13.2 Å². The van der Waals surface area contributed by atoms with Gasteiger partial charge in [-0.05, 0) is 25.8 Å². The molecule has 0 bridgehead atoms. The summed E-state index contributed by atoms with van der Waals surface area (Å²) in [5.41, 5.74) is 5.48. The lowest BCUT2D eigenvalue weighted by molar-refractivity contribution is 0.145. The third kappa shape index (κ3) is 48.2. The highest BCUT2D eigenvalue weighted by Gasteiger charge is 2.19. The SMILES string of the molecule is CCCCCCCCCCCCCCCCCCN.CCCCCCCCCCCCOP(=O)(O)OCCCCCCCCCCCC. The molecule has 0 spiro atoms. The molecule has 0 aliphatic carbocycles. The van der Waals surface area contributed by atoms with Gasteiger partial charge in [-0.25, -0.2) is 4.57 Å². The minimum absolute atomic E-state index is 0.322. The van der Waals surface area contributed by atoms with Crippen molar-refractivity contribution >= 4 is 7.82 Å². The first-order valence-corrected chi connectivity index (χ1v) is 23.4. The van der Waals surface area contributed by atoms with Gasteiger partial charge >= 0.3 is 7.82 Å². The van der Waals surface area contributed by atoms with Crippen LogP contribution in [-0.4, -0.2) is 24.7 Å². The fraction of sp³-hybridized carbons (Fsp3) is 1.00. The molecule has 0 amide bonds. The van der Waals surface area contributed by atoms with Crippen LogP contribution in [-0.2, 0) is 13.6 Å². The Morgan fingerprint density at radius 2 is 0.542 bits per heavy atom. The fourth-order valence-corrected chi connectivity index (χ4v) is 7.06. The maximum absolute atomic E-state index is 11.8. The van der Waals surface area contributed by atoms with Gasteiger partial charge in [0.2, 0.25) is 0 Å². The van der Waals surface area contributed by atoms with Gasteiger partial charge in [-0.1, -0.05) is 233 Å². The van der Waals surface area contributed by atoms with Crippen LogP contribution in [0.5, 0.6) is 0 Å². The van der Waals surface area contributed by atoms with E-state index < -0.39 is 7.82 Å². The molecular formula is C42H90NO4P. The largest absolute Gasteiger partial charge is 0.472 e. The highest BCUT2D eigenvalue weighted by molar-refractivity contribution is 7.47. The molecule has 48 heavy (non-hydrogen) atoms. The van der Waals surface area contributed by atoms with Crippen LogP contribution in [0.3, 0.4) is 0 Å². The normalized spacial score (nSPS) is 11.6. The molecule has 0 aromatic heterocycles. The van der Waals surface area contributed by atoms with Crippen LogP contribution in [0, 0.1) is 0 Å². The first-order chi connectivity index (χ1) is 23.5. The number of phosphoric ester groups is 1. The molecule has 0 aromatic rings. The van der Waals surface area contributed by atoms with E-state index in [9.17, 15) is 9.46 Å². The van der Waals surface area contributed by atoms with E-state index in [0.29, 0.717) is 13.2 Å². The third-order valence-electron chi connectivity index (χ3n) is 9.56. The molecule has 292 valence electrons. The number of nitrogens with two attached hydrogens (primary N) is 1. The Morgan fingerprint density at radius 1 is 0.354 bits per heavy atom. The van der Waals surface area contributed by atoms with Crippen molar-refractivity contribution in [3.8, 4) is 0 Å². The Balaban J connectivity index is 0. The Bertz CT molecular complexity index is 560. The Hall–Kier alpha value is 0.0700. The average molecular weight is 704 g/mol. The Kier molecular flexibility index (Phi) is 47.1. The maximum Gasteiger partial charge on any atom is 0.472 e. The standard InChI is InChI=1S/C24H51O4P.C18H39N/c1-3-5-7-9-11-13-15-17-19-21-23-27-29(25,26)28-24-22-20-18-16-14-12-10-8-6-4-2;1-2-3-4-5-6-7-8-9-10-11-12-13-14-15-16-17-18-19/h3-24H2,1-2H3,(H,25,26);2-19H2,1H3. The van der Waals surface area contributed by atoms with Crippen LogP contribution in [0.1, 0.15) is 252 Å². The summed E-state index contributed by atoms with van der Waals surface area (Å²) in [5.74, 6) is 0. The van der Waals surface area contributed by atoms with E-state index in [-0.39, 0.29) is 0 Å². The second-order valence-electron chi connectivity index (χ2n) is 14.6. The zero-order valence-electron chi connectivity index (χ0n) is 33.3. The fourth-order valence-electron chi connectivity index (χ4n) is 6.27. The van der Waals surface area contributed by atoms with Crippen LogP contribution in [0.2, 0.25) is 0 Å². The number of hydrogen-bond acceptors (Lipinski definition) is 4. The predicted octanol–water partition coefficient (Wildman–Crippen LogP) is 15.2. The van der Waals surface area contributed by atoms with E-state index in [4.69, 9.17) is 14.8 Å². The van der Waals surface area contributed by atoms with Gasteiger partial charge in [-0.3, -0.25) is 9.05 Å². The molecule has 0 atom stereocenters. The quantitative estimate of drug-likeness (QED) is 0.0490. The summed E-state index contributed by atoms with van der Waals surface area (Å²) in [6.45, 7) is 8.30. The zero-order chi connectivity index (χ0) is 35.5. The summed E-state index contributed by atoms with van der Waals surface area (Å²) in [6, 6.07) is 0. The summed E-state index contributed by atoms with van der Waals surface area (Å²) in [7, 11) is -3.85. The Morgan fingerprint density at radius 3 is 0.750 bits per heavy atom. The summed E-state index contributed by atoms with van der Waals surface area (Å²) < 4.78 is 22.0. The van der Waals surface area contributed by atoms with E-state index in [1.165, 1.54) is 205 Å². The van der Waals surface area contributed by atoms with Crippen molar-refractivity contribution in [2.45, 2.75) is 252 Å². The molecule has 6 heteroatoms. The summed E-state index contributed by atoms with van der Waals surface area (Å²) >= 11 is 0. The Labute approximate surface area is 303 Å². The molecule has 0 saturated carbocycles. The van der Waals surface area contributed by atoms with Crippen molar-refractivity contribution in [1.82, 2.24) is 0 Å².